The first-order valence-electron chi connectivity index (χ1n) is 5.49. The van der Waals surface area contributed by atoms with Crippen molar-refractivity contribution in [2.75, 3.05) is 31.7 Å². The highest BCUT2D eigenvalue weighted by molar-refractivity contribution is 5.75. The summed E-state index contributed by atoms with van der Waals surface area (Å²) in [7, 11) is 1.43. The Bertz CT molecular complexity index is 554. The number of nitriles is 1. The summed E-state index contributed by atoms with van der Waals surface area (Å²) in [6.07, 6.45) is 1.16. The van der Waals surface area contributed by atoms with E-state index in [1.54, 1.807) is 6.07 Å². The minimum atomic E-state index is -1.15. The van der Waals surface area contributed by atoms with Crippen molar-refractivity contribution in [3.8, 4) is 6.07 Å². The minimum absolute atomic E-state index is 0.0301. The molecule has 9 nitrogen and oxygen atoms in total. The Hall–Kier alpha value is -2.73. The molecule has 0 aliphatic heterocycles. The summed E-state index contributed by atoms with van der Waals surface area (Å²) in [5.74, 6) is -1.25. The van der Waals surface area contributed by atoms with Crippen molar-refractivity contribution >= 4 is 17.5 Å². The number of carboxylic acid groups (broad SMARTS) is 1. The van der Waals surface area contributed by atoms with Crippen molar-refractivity contribution in [1.29, 1.82) is 5.26 Å². The smallest absolute Gasteiger partial charge is 0.323 e. The topological polar surface area (TPSA) is 130 Å². The van der Waals surface area contributed by atoms with E-state index in [0.717, 1.165) is 12.3 Å². The van der Waals surface area contributed by atoms with Crippen LogP contribution in [0.4, 0.5) is 11.5 Å². The van der Waals surface area contributed by atoms with Gasteiger partial charge in [-0.1, -0.05) is 0 Å². The zero-order valence-electron chi connectivity index (χ0n) is 10.6. The van der Waals surface area contributed by atoms with Gasteiger partial charge in [0.2, 0.25) is 5.82 Å². The third-order valence-corrected chi connectivity index (χ3v) is 2.36. The predicted octanol–water partition coefficient (Wildman–Crippen LogP) is 0.399. The van der Waals surface area contributed by atoms with E-state index in [4.69, 9.17) is 15.1 Å². The zero-order valence-corrected chi connectivity index (χ0v) is 10.6. The second-order valence-electron chi connectivity index (χ2n) is 3.74. The maximum absolute atomic E-state index is 11.0. The molecule has 0 spiro atoms. The third-order valence-electron chi connectivity index (χ3n) is 2.36. The molecule has 1 N–H and O–H groups in total. The summed E-state index contributed by atoms with van der Waals surface area (Å²) in [5.41, 5.74) is -0.385. The zero-order chi connectivity index (χ0) is 15.1. The number of nitrogens with zero attached hydrogens (tertiary/aromatic N) is 4. The summed E-state index contributed by atoms with van der Waals surface area (Å²) < 4.78 is 4.84. The number of nitro groups is 1. The molecule has 0 saturated carbocycles. The van der Waals surface area contributed by atoms with Crippen LogP contribution >= 0.6 is 0 Å². The van der Waals surface area contributed by atoms with Crippen molar-refractivity contribution in [3.05, 3.63) is 27.9 Å². The summed E-state index contributed by atoms with van der Waals surface area (Å²) in [4.78, 5) is 26.2. The molecule has 0 unspecified atom stereocenters. The number of aliphatic carboxylic acids is 1. The lowest BCUT2D eigenvalue weighted by Crippen LogP contribution is -2.33. The van der Waals surface area contributed by atoms with Crippen molar-refractivity contribution in [1.82, 2.24) is 4.98 Å². The van der Waals surface area contributed by atoms with Gasteiger partial charge in [0.1, 0.15) is 12.6 Å². The number of rotatable bonds is 7. The van der Waals surface area contributed by atoms with Crippen LogP contribution in [-0.2, 0) is 9.53 Å². The van der Waals surface area contributed by atoms with Crippen LogP contribution in [-0.4, -0.2) is 47.8 Å². The molecule has 0 saturated heterocycles. The summed E-state index contributed by atoms with van der Waals surface area (Å²) in [6.45, 7) is -0.141. The van der Waals surface area contributed by atoms with Gasteiger partial charge >= 0.3 is 11.7 Å². The maximum Gasteiger partial charge on any atom is 0.323 e. The standard InChI is InChI=1S/C11H12N4O5/c1-20-3-2-14(7-10(16)17)11-9(15(18)19)4-8(5-12)6-13-11/h4,6H,2-3,7H2,1H3,(H,16,17). The van der Waals surface area contributed by atoms with Gasteiger partial charge in [-0.25, -0.2) is 4.98 Å². The number of ether oxygens (including phenoxy) is 1. The number of hydrogen-bond acceptors (Lipinski definition) is 7. The third kappa shape index (κ3) is 3.89. The largest absolute Gasteiger partial charge is 0.480 e. The SMILES string of the molecule is COCCN(CC(=O)O)c1ncc(C#N)cc1[N+](=O)[O-]. The minimum Gasteiger partial charge on any atom is -0.480 e. The summed E-state index contributed by atoms with van der Waals surface area (Å²) in [6, 6.07) is 2.81. The maximum atomic E-state index is 11.0. The molecule has 20 heavy (non-hydrogen) atoms. The average molecular weight is 280 g/mol. The van der Waals surface area contributed by atoms with Gasteiger partial charge in [-0.2, -0.15) is 5.26 Å². The average Bonchev–Trinajstić information content (AvgIpc) is 2.42. The highest BCUT2D eigenvalue weighted by Gasteiger charge is 2.23. The fourth-order valence-electron chi connectivity index (χ4n) is 1.51. The van der Waals surface area contributed by atoms with E-state index in [-0.39, 0.29) is 24.5 Å². The molecule has 0 fully saturated rings. The van der Waals surface area contributed by atoms with Crippen molar-refractivity contribution in [2.45, 2.75) is 0 Å². The quantitative estimate of drug-likeness (QED) is 0.561. The van der Waals surface area contributed by atoms with Gasteiger partial charge in [-0.3, -0.25) is 14.9 Å². The van der Waals surface area contributed by atoms with Gasteiger partial charge in [-0.15, -0.1) is 0 Å². The number of pyridine rings is 1. The highest BCUT2D eigenvalue weighted by atomic mass is 16.6. The van der Waals surface area contributed by atoms with Crippen molar-refractivity contribution in [2.24, 2.45) is 0 Å². The van der Waals surface area contributed by atoms with Crippen LogP contribution in [0, 0.1) is 21.4 Å². The number of carbonyl (C=O) groups is 1. The monoisotopic (exact) mass is 280 g/mol. The predicted molar refractivity (Wildman–Crippen MR) is 67.3 cm³/mol. The van der Waals surface area contributed by atoms with Crippen LogP contribution in [0.3, 0.4) is 0 Å². The van der Waals surface area contributed by atoms with Gasteiger partial charge in [0.15, 0.2) is 0 Å². The molecule has 1 aromatic rings. The number of methoxy groups -OCH3 is 1. The van der Waals surface area contributed by atoms with E-state index in [2.05, 4.69) is 4.98 Å². The fraction of sp³-hybridized carbons (Fsp3) is 0.364. The lowest BCUT2D eigenvalue weighted by Gasteiger charge is -2.20. The Balaban J connectivity index is 3.20. The van der Waals surface area contributed by atoms with E-state index in [0.29, 0.717) is 0 Å². The normalized spacial score (nSPS) is 9.80. The molecule has 0 aliphatic rings. The first-order valence-corrected chi connectivity index (χ1v) is 5.49. The summed E-state index contributed by atoms with van der Waals surface area (Å²) >= 11 is 0. The molecule has 0 radical (unpaired) electrons. The van der Waals surface area contributed by atoms with Crippen LogP contribution in [0.1, 0.15) is 5.56 Å². The van der Waals surface area contributed by atoms with Crippen LogP contribution in [0.2, 0.25) is 0 Å². The molecule has 1 aromatic heterocycles. The molecule has 106 valence electrons. The molecule has 0 aromatic carbocycles. The van der Waals surface area contributed by atoms with Crippen LogP contribution < -0.4 is 4.90 Å². The molecule has 1 rings (SSSR count). The van der Waals surface area contributed by atoms with Crippen molar-refractivity contribution < 1.29 is 19.6 Å². The second-order valence-corrected chi connectivity index (χ2v) is 3.74. The molecule has 1 heterocycles. The Morgan fingerprint density at radius 1 is 1.70 bits per heavy atom. The van der Waals surface area contributed by atoms with Gasteiger partial charge in [0, 0.05) is 25.9 Å². The Morgan fingerprint density at radius 3 is 2.90 bits per heavy atom. The summed E-state index contributed by atoms with van der Waals surface area (Å²) in [5, 5.41) is 28.6. The van der Waals surface area contributed by atoms with Crippen molar-refractivity contribution in [3.63, 3.8) is 0 Å². The Kier molecular flexibility index (Phi) is 5.37. The van der Waals surface area contributed by atoms with E-state index < -0.39 is 23.1 Å². The second kappa shape index (κ2) is 7.01. The number of hydrogen-bond donors (Lipinski definition) is 1. The van der Waals surface area contributed by atoms with Crippen LogP contribution in [0.5, 0.6) is 0 Å². The molecular weight excluding hydrogens is 268 g/mol. The van der Waals surface area contributed by atoms with Gasteiger partial charge in [0.05, 0.1) is 17.1 Å². The number of anilines is 1. The fourth-order valence-corrected chi connectivity index (χ4v) is 1.51. The molecule has 0 amide bonds. The van der Waals surface area contributed by atoms with Gasteiger partial charge in [0.25, 0.3) is 0 Å². The first-order chi connectivity index (χ1) is 9.49. The highest BCUT2D eigenvalue weighted by Crippen LogP contribution is 2.26. The van der Waals surface area contributed by atoms with E-state index in [1.165, 1.54) is 12.0 Å². The van der Waals surface area contributed by atoms with E-state index in [1.807, 2.05) is 0 Å². The van der Waals surface area contributed by atoms with Crippen LogP contribution in [0.15, 0.2) is 12.3 Å². The Labute approximate surface area is 114 Å². The first kappa shape index (κ1) is 15.3. The van der Waals surface area contributed by atoms with Gasteiger partial charge < -0.3 is 14.7 Å². The number of aromatic nitrogens is 1. The lowest BCUT2D eigenvalue weighted by atomic mass is 10.2. The molecule has 0 aliphatic carbocycles. The van der Waals surface area contributed by atoms with E-state index in [9.17, 15) is 14.9 Å². The molecule has 0 atom stereocenters. The molecular formula is C11H12N4O5. The van der Waals surface area contributed by atoms with E-state index >= 15 is 0 Å². The molecule has 0 bridgehead atoms. The molecule has 9 heteroatoms. The van der Waals surface area contributed by atoms with Gasteiger partial charge in [-0.05, 0) is 0 Å². The van der Waals surface area contributed by atoms with Crippen LogP contribution in [0.25, 0.3) is 0 Å². The number of carboxylic acids is 1. The lowest BCUT2D eigenvalue weighted by molar-refractivity contribution is -0.384. The Morgan fingerprint density at radius 2 is 2.40 bits per heavy atom.